The number of rotatable bonds is 3. The van der Waals surface area contributed by atoms with Crippen molar-refractivity contribution in [3.63, 3.8) is 0 Å². The Bertz CT molecular complexity index is 1300. The SMILES string of the molecule is Cc1cc(Cc2cc3c(=O)n([C@H]4COCC[C@@H]4O)cnc3c3ccccc23)ccn1. The Kier molecular flexibility index (Phi) is 4.81. The number of aliphatic hydroxyl groups excluding tert-OH is 1. The average Bonchev–Trinajstić information content (AvgIpc) is 2.75. The Labute approximate surface area is 173 Å². The van der Waals surface area contributed by atoms with Crippen molar-refractivity contribution in [2.24, 2.45) is 0 Å². The van der Waals surface area contributed by atoms with Gasteiger partial charge in [0.2, 0.25) is 0 Å². The van der Waals surface area contributed by atoms with Gasteiger partial charge in [-0.3, -0.25) is 14.3 Å². The molecule has 1 saturated heterocycles. The number of aliphatic hydroxyl groups is 1. The summed E-state index contributed by atoms with van der Waals surface area (Å²) >= 11 is 0. The van der Waals surface area contributed by atoms with Crippen molar-refractivity contribution in [2.75, 3.05) is 13.2 Å². The van der Waals surface area contributed by atoms with E-state index in [1.54, 1.807) is 6.33 Å². The molecule has 2 aromatic heterocycles. The van der Waals surface area contributed by atoms with E-state index >= 15 is 0 Å². The number of aryl methyl sites for hydroxylation is 1. The zero-order valence-corrected chi connectivity index (χ0v) is 16.8. The molecule has 1 N–H and O–H groups in total. The normalized spacial score (nSPS) is 19.4. The molecular weight excluding hydrogens is 378 g/mol. The molecule has 0 saturated carbocycles. The van der Waals surface area contributed by atoms with Gasteiger partial charge in [-0.2, -0.15) is 0 Å². The summed E-state index contributed by atoms with van der Waals surface area (Å²) in [6.07, 6.45) is 3.96. The van der Waals surface area contributed by atoms with E-state index in [9.17, 15) is 9.90 Å². The summed E-state index contributed by atoms with van der Waals surface area (Å²) in [6, 6.07) is 13.7. The topological polar surface area (TPSA) is 77.2 Å². The maximum atomic E-state index is 13.4. The van der Waals surface area contributed by atoms with Gasteiger partial charge in [0.25, 0.3) is 5.56 Å². The van der Waals surface area contributed by atoms with E-state index in [1.807, 2.05) is 43.5 Å². The molecule has 30 heavy (non-hydrogen) atoms. The molecule has 0 bridgehead atoms. The highest BCUT2D eigenvalue weighted by Gasteiger charge is 2.27. The molecule has 2 atom stereocenters. The summed E-state index contributed by atoms with van der Waals surface area (Å²) in [6.45, 7) is 2.79. The molecule has 5 rings (SSSR count). The number of fused-ring (bicyclic) bond motifs is 3. The number of hydrogen-bond acceptors (Lipinski definition) is 5. The largest absolute Gasteiger partial charge is 0.391 e. The van der Waals surface area contributed by atoms with Crippen LogP contribution in [0.4, 0.5) is 0 Å². The molecule has 0 amide bonds. The molecule has 3 heterocycles. The fourth-order valence-electron chi connectivity index (χ4n) is 4.34. The third-order valence-electron chi connectivity index (χ3n) is 5.88. The molecule has 2 aromatic carbocycles. The summed E-state index contributed by atoms with van der Waals surface area (Å²) < 4.78 is 7.03. The fraction of sp³-hybridized carbons (Fsp3) is 0.292. The number of pyridine rings is 1. The van der Waals surface area contributed by atoms with Crippen molar-refractivity contribution < 1.29 is 9.84 Å². The zero-order valence-electron chi connectivity index (χ0n) is 16.8. The van der Waals surface area contributed by atoms with E-state index < -0.39 is 12.1 Å². The molecule has 0 aliphatic carbocycles. The predicted octanol–water partition coefficient (Wildman–Crippen LogP) is 3.17. The Morgan fingerprint density at radius 2 is 1.97 bits per heavy atom. The second-order valence-corrected chi connectivity index (χ2v) is 7.91. The number of ether oxygens (including phenoxy) is 1. The second-order valence-electron chi connectivity index (χ2n) is 7.91. The molecule has 6 nitrogen and oxygen atoms in total. The lowest BCUT2D eigenvalue weighted by Gasteiger charge is -2.29. The first-order valence-corrected chi connectivity index (χ1v) is 10.2. The summed E-state index contributed by atoms with van der Waals surface area (Å²) in [4.78, 5) is 22.3. The fourth-order valence-corrected chi connectivity index (χ4v) is 4.34. The maximum absolute atomic E-state index is 13.4. The lowest BCUT2D eigenvalue weighted by Crippen LogP contribution is -2.39. The highest BCUT2D eigenvalue weighted by atomic mass is 16.5. The predicted molar refractivity (Wildman–Crippen MR) is 116 cm³/mol. The van der Waals surface area contributed by atoms with Gasteiger partial charge in [0.05, 0.1) is 36.0 Å². The smallest absolute Gasteiger partial charge is 0.261 e. The van der Waals surface area contributed by atoms with Gasteiger partial charge in [0.15, 0.2) is 0 Å². The lowest BCUT2D eigenvalue weighted by molar-refractivity contribution is -0.0303. The van der Waals surface area contributed by atoms with Crippen LogP contribution in [0.3, 0.4) is 0 Å². The lowest BCUT2D eigenvalue weighted by atomic mass is 9.96. The molecule has 6 heteroatoms. The van der Waals surface area contributed by atoms with Crippen LogP contribution >= 0.6 is 0 Å². The number of hydrogen-bond donors (Lipinski definition) is 1. The van der Waals surface area contributed by atoms with Gasteiger partial charge >= 0.3 is 0 Å². The third kappa shape index (κ3) is 3.28. The van der Waals surface area contributed by atoms with Gasteiger partial charge < -0.3 is 9.84 Å². The number of nitrogens with zero attached hydrogens (tertiary/aromatic N) is 3. The number of benzene rings is 2. The quantitative estimate of drug-likeness (QED) is 0.534. The molecule has 0 spiro atoms. The van der Waals surface area contributed by atoms with Gasteiger partial charge in [-0.15, -0.1) is 0 Å². The molecule has 0 unspecified atom stereocenters. The maximum Gasteiger partial charge on any atom is 0.261 e. The highest BCUT2D eigenvalue weighted by Crippen LogP contribution is 2.28. The standard InChI is InChI=1S/C24H23N3O3/c1-15-10-16(6-8-25-15)11-17-12-20-23(19-5-3-2-4-18(17)19)26-14-27(24(20)29)21-13-30-9-7-22(21)28/h2-6,8,10,12,14,21-22,28H,7,9,11,13H2,1H3/t21-,22-/m0/s1. The van der Waals surface area contributed by atoms with Gasteiger partial charge in [-0.25, -0.2) is 4.98 Å². The Hall–Kier alpha value is -3.09. The summed E-state index contributed by atoms with van der Waals surface area (Å²) in [5.74, 6) is 0. The third-order valence-corrected chi connectivity index (χ3v) is 5.88. The van der Waals surface area contributed by atoms with Crippen LogP contribution in [0.15, 0.2) is 59.8 Å². The minimum Gasteiger partial charge on any atom is -0.391 e. The van der Waals surface area contributed by atoms with Crippen LogP contribution in [-0.2, 0) is 11.2 Å². The van der Waals surface area contributed by atoms with Crippen molar-refractivity contribution in [3.8, 4) is 0 Å². The van der Waals surface area contributed by atoms with E-state index in [4.69, 9.17) is 4.74 Å². The number of aromatic nitrogens is 3. The summed E-state index contributed by atoms with van der Waals surface area (Å²) in [5, 5.41) is 13.0. The Morgan fingerprint density at radius 1 is 1.13 bits per heavy atom. The van der Waals surface area contributed by atoms with Gasteiger partial charge in [-0.05, 0) is 54.5 Å². The Balaban J connectivity index is 1.71. The molecular formula is C24H23N3O3. The van der Waals surface area contributed by atoms with Crippen molar-refractivity contribution in [3.05, 3.63) is 82.2 Å². The molecule has 0 radical (unpaired) electrons. The van der Waals surface area contributed by atoms with Crippen LogP contribution in [0.25, 0.3) is 21.7 Å². The van der Waals surface area contributed by atoms with Crippen molar-refractivity contribution in [2.45, 2.75) is 31.9 Å². The summed E-state index contributed by atoms with van der Waals surface area (Å²) in [5.41, 5.74) is 3.72. The molecule has 1 aliphatic rings. The van der Waals surface area contributed by atoms with Crippen LogP contribution in [-0.4, -0.2) is 39.0 Å². The van der Waals surface area contributed by atoms with Crippen molar-refractivity contribution >= 4 is 21.7 Å². The first kappa shape index (κ1) is 18.9. The van der Waals surface area contributed by atoms with Crippen LogP contribution in [0.1, 0.15) is 29.3 Å². The molecule has 4 aromatic rings. The van der Waals surface area contributed by atoms with Crippen LogP contribution in [0.2, 0.25) is 0 Å². The van der Waals surface area contributed by atoms with E-state index in [2.05, 4.69) is 22.1 Å². The minimum absolute atomic E-state index is 0.146. The van der Waals surface area contributed by atoms with Gasteiger partial charge in [0, 0.05) is 23.9 Å². The average molecular weight is 401 g/mol. The molecule has 152 valence electrons. The zero-order chi connectivity index (χ0) is 20.7. The van der Waals surface area contributed by atoms with E-state index in [1.165, 1.54) is 4.57 Å². The van der Waals surface area contributed by atoms with Crippen LogP contribution in [0, 0.1) is 6.92 Å². The summed E-state index contributed by atoms with van der Waals surface area (Å²) in [7, 11) is 0. The first-order valence-electron chi connectivity index (χ1n) is 10.2. The minimum atomic E-state index is -0.615. The van der Waals surface area contributed by atoms with Crippen LogP contribution in [0.5, 0.6) is 0 Å². The molecule has 1 aliphatic heterocycles. The van der Waals surface area contributed by atoms with E-state index in [-0.39, 0.29) is 5.56 Å². The van der Waals surface area contributed by atoms with Gasteiger partial charge in [0.1, 0.15) is 0 Å². The van der Waals surface area contributed by atoms with Gasteiger partial charge in [-0.1, -0.05) is 24.3 Å². The highest BCUT2D eigenvalue weighted by molar-refractivity contribution is 6.06. The van der Waals surface area contributed by atoms with E-state index in [0.717, 1.165) is 27.6 Å². The van der Waals surface area contributed by atoms with E-state index in [0.29, 0.717) is 37.0 Å². The van der Waals surface area contributed by atoms with Crippen molar-refractivity contribution in [1.82, 2.24) is 14.5 Å². The first-order chi connectivity index (χ1) is 14.6. The van der Waals surface area contributed by atoms with Crippen LogP contribution < -0.4 is 5.56 Å². The monoisotopic (exact) mass is 401 g/mol. The molecule has 1 fully saturated rings. The van der Waals surface area contributed by atoms with Crippen molar-refractivity contribution in [1.29, 1.82) is 0 Å². The Morgan fingerprint density at radius 3 is 2.77 bits per heavy atom. The second kappa shape index (κ2) is 7.63.